The molecule has 3 aliphatic rings. The first-order valence-electron chi connectivity index (χ1n) is 13.3. The topological polar surface area (TPSA) is 95.0 Å². The molecule has 1 aliphatic carbocycles. The van der Waals surface area contributed by atoms with Crippen LogP contribution in [-0.2, 0) is 31.5 Å². The van der Waals surface area contributed by atoms with Crippen molar-refractivity contribution in [2.24, 2.45) is 5.92 Å². The summed E-state index contributed by atoms with van der Waals surface area (Å²) in [5.74, 6) is -2.18. The molecule has 2 amide bonds. The van der Waals surface area contributed by atoms with Crippen molar-refractivity contribution in [3.05, 3.63) is 65.0 Å². The molecular formula is C28H29F5N2O5S. The van der Waals surface area contributed by atoms with Crippen LogP contribution in [0.25, 0.3) is 0 Å². The van der Waals surface area contributed by atoms with Crippen LogP contribution in [0.15, 0.2) is 47.4 Å². The summed E-state index contributed by atoms with van der Waals surface area (Å²) < 4.78 is 96.0. The number of carbonyl (C=O) groups excluding carboxylic acids is 1. The van der Waals surface area contributed by atoms with Crippen molar-refractivity contribution < 1.29 is 45.1 Å². The number of piperidine rings is 1. The lowest BCUT2D eigenvalue weighted by Crippen LogP contribution is -2.55. The lowest BCUT2D eigenvalue weighted by atomic mass is 9.77. The molecular weight excluding hydrogens is 571 g/mol. The summed E-state index contributed by atoms with van der Waals surface area (Å²) in [6.45, 7) is 0.800. The van der Waals surface area contributed by atoms with E-state index in [1.807, 2.05) is 0 Å². The van der Waals surface area contributed by atoms with E-state index < -0.39 is 61.8 Å². The first kappa shape index (κ1) is 29.3. The highest BCUT2D eigenvalue weighted by Crippen LogP contribution is 2.54. The minimum absolute atomic E-state index is 0.0212. The van der Waals surface area contributed by atoms with Crippen LogP contribution in [0.2, 0.25) is 0 Å². The molecule has 1 unspecified atom stereocenters. The standard InChI is InChI=1S/C28H29F5N2O5S/c1-26(30,28(31,32)33)19-3-8-22-18(16-19)2-9-23-27(22,41(39,40)21-6-4-20(29)5-7-21)12-15-35(23)25(38)34-13-10-17(11-14-34)24(36)37/h3-8,16-17,23H,2,9-15H2,1H3,(H,36,37)/t23-,26?,27-/m1/s1. The van der Waals surface area contributed by atoms with Gasteiger partial charge >= 0.3 is 18.2 Å². The van der Waals surface area contributed by atoms with Gasteiger partial charge in [0.05, 0.1) is 16.9 Å². The van der Waals surface area contributed by atoms with Gasteiger partial charge in [-0.15, -0.1) is 0 Å². The van der Waals surface area contributed by atoms with Crippen LogP contribution in [0, 0.1) is 11.7 Å². The van der Waals surface area contributed by atoms with Gasteiger partial charge in [-0.25, -0.2) is 22.0 Å². The van der Waals surface area contributed by atoms with Crippen LogP contribution < -0.4 is 0 Å². The maximum absolute atomic E-state index is 14.9. The Morgan fingerprint density at radius 1 is 0.976 bits per heavy atom. The van der Waals surface area contributed by atoms with Gasteiger partial charge < -0.3 is 14.9 Å². The molecule has 1 N–H and O–H groups in total. The normalized spacial score (nSPS) is 24.9. The van der Waals surface area contributed by atoms with E-state index in [0.29, 0.717) is 6.92 Å². The summed E-state index contributed by atoms with van der Waals surface area (Å²) in [6, 6.07) is 6.09. The molecule has 2 heterocycles. The quantitative estimate of drug-likeness (QED) is 0.386. The minimum Gasteiger partial charge on any atom is -0.481 e. The Hall–Kier alpha value is -3.22. The maximum Gasteiger partial charge on any atom is 0.426 e. The zero-order valence-corrected chi connectivity index (χ0v) is 22.9. The average molecular weight is 601 g/mol. The number of rotatable bonds is 4. The molecule has 2 aromatic rings. The van der Waals surface area contributed by atoms with Crippen LogP contribution in [0.5, 0.6) is 0 Å². The van der Waals surface area contributed by atoms with E-state index in [-0.39, 0.29) is 67.8 Å². The summed E-state index contributed by atoms with van der Waals surface area (Å²) in [6.07, 6.45) is -4.57. The van der Waals surface area contributed by atoms with E-state index >= 15 is 0 Å². The molecule has 2 fully saturated rings. The molecule has 13 heteroatoms. The van der Waals surface area contributed by atoms with Crippen LogP contribution in [0.1, 0.15) is 49.3 Å². The smallest absolute Gasteiger partial charge is 0.426 e. The number of alkyl halides is 4. The number of aryl methyl sites for hydroxylation is 1. The Morgan fingerprint density at radius 2 is 1.61 bits per heavy atom. The zero-order chi connectivity index (χ0) is 30.0. The number of urea groups is 1. The number of nitrogens with zero attached hydrogens (tertiary/aromatic N) is 2. The molecule has 222 valence electrons. The highest BCUT2D eigenvalue weighted by Gasteiger charge is 2.62. The average Bonchev–Trinajstić information content (AvgIpc) is 3.34. The lowest BCUT2D eigenvalue weighted by molar-refractivity contribution is -0.228. The zero-order valence-electron chi connectivity index (χ0n) is 22.1. The first-order valence-corrected chi connectivity index (χ1v) is 14.8. The molecule has 5 rings (SSSR count). The summed E-state index contributed by atoms with van der Waals surface area (Å²) in [4.78, 5) is 27.8. The number of carbonyl (C=O) groups is 2. The highest BCUT2D eigenvalue weighted by molar-refractivity contribution is 7.92. The summed E-state index contributed by atoms with van der Waals surface area (Å²) >= 11 is 0. The number of carboxylic acid groups (broad SMARTS) is 1. The van der Waals surface area contributed by atoms with Crippen LogP contribution in [0.3, 0.4) is 0 Å². The van der Waals surface area contributed by atoms with E-state index in [9.17, 15) is 45.1 Å². The molecule has 0 spiro atoms. The van der Waals surface area contributed by atoms with Gasteiger partial charge in [0.25, 0.3) is 0 Å². The van der Waals surface area contributed by atoms with Crippen molar-refractivity contribution in [3.63, 3.8) is 0 Å². The molecule has 2 aliphatic heterocycles. The number of benzene rings is 2. The van der Waals surface area contributed by atoms with Gasteiger partial charge in [0, 0.05) is 19.6 Å². The van der Waals surface area contributed by atoms with Gasteiger partial charge in [-0.2, -0.15) is 13.2 Å². The van der Waals surface area contributed by atoms with Gasteiger partial charge in [-0.3, -0.25) is 4.79 Å². The second kappa shape index (κ2) is 9.95. The third-order valence-electron chi connectivity index (χ3n) is 8.93. The molecule has 7 nitrogen and oxygen atoms in total. The Bertz CT molecular complexity index is 1470. The molecule has 2 saturated heterocycles. The van der Waals surface area contributed by atoms with Crippen molar-refractivity contribution in [2.45, 2.75) is 66.6 Å². The Kier molecular flexibility index (Phi) is 7.11. The second-order valence-electron chi connectivity index (χ2n) is 11.1. The van der Waals surface area contributed by atoms with Gasteiger partial charge in [0.2, 0.25) is 5.67 Å². The third-order valence-corrected chi connectivity index (χ3v) is 11.5. The monoisotopic (exact) mass is 600 g/mol. The predicted molar refractivity (Wildman–Crippen MR) is 137 cm³/mol. The summed E-state index contributed by atoms with van der Waals surface area (Å²) in [5, 5.41) is 9.30. The number of hydrogen-bond acceptors (Lipinski definition) is 4. The van der Waals surface area contributed by atoms with Gasteiger partial charge in [-0.05, 0) is 80.0 Å². The summed E-state index contributed by atoms with van der Waals surface area (Å²) in [7, 11) is -4.36. The van der Waals surface area contributed by atoms with Crippen LogP contribution in [0.4, 0.5) is 26.7 Å². The fourth-order valence-electron chi connectivity index (χ4n) is 6.54. The van der Waals surface area contributed by atoms with Crippen LogP contribution in [-0.4, -0.2) is 67.2 Å². The van der Waals surface area contributed by atoms with E-state index in [2.05, 4.69) is 0 Å². The second-order valence-corrected chi connectivity index (χ2v) is 13.3. The molecule has 0 saturated carbocycles. The van der Waals surface area contributed by atoms with Gasteiger partial charge in [0.1, 0.15) is 10.6 Å². The number of likely N-dealkylation sites (tertiary alicyclic amines) is 2. The molecule has 0 bridgehead atoms. The van der Waals surface area contributed by atoms with E-state index in [4.69, 9.17) is 0 Å². The third kappa shape index (κ3) is 4.56. The van der Waals surface area contributed by atoms with Gasteiger partial charge in [0.15, 0.2) is 9.84 Å². The highest BCUT2D eigenvalue weighted by atomic mass is 32.2. The number of halogens is 5. The molecule has 0 aromatic heterocycles. The first-order chi connectivity index (χ1) is 19.1. The molecule has 0 radical (unpaired) electrons. The number of amides is 2. The SMILES string of the molecule is CC(F)(c1ccc2c(c1)CC[C@H]1N(C(=O)N3CCC(C(=O)O)CC3)CC[C@@]21S(=O)(=O)c1ccc(F)cc1)C(F)(F)F. The number of aliphatic carboxylic acids is 1. The lowest BCUT2D eigenvalue weighted by Gasteiger charge is -2.44. The predicted octanol–water partition coefficient (Wildman–Crippen LogP) is 5.18. The van der Waals surface area contributed by atoms with Crippen molar-refractivity contribution >= 4 is 21.8 Å². The largest absolute Gasteiger partial charge is 0.481 e. The van der Waals surface area contributed by atoms with Crippen LogP contribution >= 0.6 is 0 Å². The van der Waals surface area contributed by atoms with Crippen molar-refractivity contribution in [2.75, 3.05) is 19.6 Å². The van der Waals surface area contributed by atoms with E-state index in [1.54, 1.807) is 0 Å². The molecule has 41 heavy (non-hydrogen) atoms. The Morgan fingerprint density at radius 3 is 2.20 bits per heavy atom. The van der Waals surface area contributed by atoms with E-state index in [0.717, 1.165) is 36.4 Å². The molecule has 2 aromatic carbocycles. The minimum atomic E-state index is -5.19. The fourth-order valence-corrected chi connectivity index (χ4v) is 8.90. The molecule has 3 atom stereocenters. The fraction of sp³-hybridized carbons (Fsp3) is 0.500. The van der Waals surface area contributed by atoms with Crippen molar-refractivity contribution in [1.29, 1.82) is 0 Å². The van der Waals surface area contributed by atoms with E-state index in [1.165, 1.54) is 15.9 Å². The van der Waals surface area contributed by atoms with Gasteiger partial charge in [-0.1, -0.05) is 18.2 Å². The number of carboxylic acids is 1. The number of fused-ring (bicyclic) bond motifs is 3. The maximum atomic E-state index is 14.9. The number of sulfone groups is 1. The Labute approximate surface area is 233 Å². The van der Waals surface area contributed by atoms with Crippen molar-refractivity contribution in [1.82, 2.24) is 9.80 Å². The summed E-state index contributed by atoms with van der Waals surface area (Å²) in [5.41, 5.74) is -3.88. The van der Waals surface area contributed by atoms with Crippen molar-refractivity contribution in [3.8, 4) is 0 Å². The number of hydrogen-bond donors (Lipinski definition) is 1. The Balaban J connectivity index is 1.59.